The van der Waals surface area contributed by atoms with E-state index in [4.69, 9.17) is 4.74 Å². The number of benzene rings is 1. The van der Waals surface area contributed by atoms with Gasteiger partial charge in [0.15, 0.2) is 0 Å². The van der Waals surface area contributed by atoms with Crippen LogP contribution >= 0.6 is 11.3 Å². The number of aromatic nitrogens is 1. The summed E-state index contributed by atoms with van der Waals surface area (Å²) in [7, 11) is 0. The van der Waals surface area contributed by atoms with E-state index < -0.39 is 0 Å². The number of hydrogen-bond acceptors (Lipinski definition) is 4. The monoisotopic (exact) mass is 304 g/mol. The van der Waals surface area contributed by atoms with Crippen LogP contribution in [-0.4, -0.2) is 17.7 Å². The Morgan fingerprint density at radius 2 is 2.10 bits per heavy atom. The molecule has 0 atom stereocenters. The third-order valence-electron chi connectivity index (χ3n) is 3.13. The molecule has 21 heavy (non-hydrogen) atoms. The number of aryl methyl sites for hydroxylation is 1. The van der Waals surface area contributed by atoms with Gasteiger partial charge in [-0.1, -0.05) is 37.6 Å². The van der Waals surface area contributed by atoms with Gasteiger partial charge < -0.3 is 10.1 Å². The molecule has 0 saturated heterocycles. The van der Waals surface area contributed by atoms with E-state index in [9.17, 15) is 4.79 Å². The van der Waals surface area contributed by atoms with E-state index in [-0.39, 0.29) is 6.09 Å². The summed E-state index contributed by atoms with van der Waals surface area (Å²) in [6.45, 7) is 5.03. The summed E-state index contributed by atoms with van der Waals surface area (Å²) in [5, 5.41) is 2.75. The Balaban J connectivity index is 1.85. The van der Waals surface area contributed by atoms with Gasteiger partial charge in [0, 0.05) is 6.54 Å². The van der Waals surface area contributed by atoms with Gasteiger partial charge in [-0.25, -0.2) is 9.78 Å². The second-order valence-corrected chi connectivity index (χ2v) is 5.66. The fourth-order valence-corrected chi connectivity index (χ4v) is 2.70. The minimum atomic E-state index is -0.356. The van der Waals surface area contributed by atoms with E-state index >= 15 is 0 Å². The Hall–Kier alpha value is -1.88. The van der Waals surface area contributed by atoms with E-state index in [1.807, 2.05) is 24.6 Å². The van der Waals surface area contributed by atoms with Crippen molar-refractivity contribution in [2.45, 2.75) is 33.2 Å². The van der Waals surface area contributed by atoms with Crippen LogP contribution in [0.1, 0.15) is 31.0 Å². The maximum atomic E-state index is 11.4. The molecule has 2 aromatic rings. The van der Waals surface area contributed by atoms with Gasteiger partial charge in [-0.05, 0) is 24.5 Å². The van der Waals surface area contributed by atoms with Gasteiger partial charge in [-0.3, -0.25) is 0 Å². The number of rotatable bonds is 6. The zero-order chi connectivity index (χ0) is 15.1. The number of nitrogens with zero attached hydrogens (tertiary/aromatic N) is 1. The van der Waals surface area contributed by atoms with Gasteiger partial charge in [0.25, 0.3) is 0 Å². The van der Waals surface area contributed by atoms with Crippen LogP contribution < -0.4 is 5.32 Å². The molecule has 0 unspecified atom stereocenters. The fraction of sp³-hybridized carbons (Fsp3) is 0.375. The summed E-state index contributed by atoms with van der Waals surface area (Å²) in [6, 6.07) is 8.14. The summed E-state index contributed by atoms with van der Waals surface area (Å²) in [5.74, 6) is 0. The number of carbonyl (C=O) groups excluding carboxylic acids is 1. The summed E-state index contributed by atoms with van der Waals surface area (Å²) in [6.07, 6.45) is 1.56. The second kappa shape index (κ2) is 7.78. The van der Waals surface area contributed by atoms with Gasteiger partial charge >= 0.3 is 6.09 Å². The number of thiazole rings is 1. The first-order valence-corrected chi connectivity index (χ1v) is 7.98. The predicted octanol–water partition coefficient (Wildman–Crippen LogP) is 4.14. The Kier molecular flexibility index (Phi) is 5.75. The summed E-state index contributed by atoms with van der Waals surface area (Å²) in [5.41, 5.74) is 5.11. The van der Waals surface area contributed by atoms with Crippen LogP contribution in [0.3, 0.4) is 0 Å². The lowest BCUT2D eigenvalue weighted by Gasteiger charge is -2.07. The van der Waals surface area contributed by atoms with Gasteiger partial charge in [-0.2, -0.15) is 0 Å². The maximum Gasteiger partial charge on any atom is 0.407 e. The lowest BCUT2D eigenvalue weighted by Crippen LogP contribution is -2.24. The average Bonchev–Trinajstić information content (AvgIpc) is 2.92. The molecule has 0 spiro atoms. The highest BCUT2D eigenvalue weighted by Gasteiger charge is 2.05. The van der Waals surface area contributed by atoms with Crippen LogP contribution in [0.2, 0.25) is 0 Å². The van der Waals surface area contributed by atoms with Gasteiger partial charge in [0.05, 0.1) is 22.7 Å². The van der Waals surface area contributed by atoms with Gasteiger partial charge in [0.1, 0.15) is 0 Å². The van der Waals surface area contributed by atoms with Crippen molar-refractivity contribution in [1.82, 2.24) is 10.3 Å². The standard InChI is InChI=1S/C16H20N2O2S/c1-3-4-9-20-16(19)17-10-13-5-7-14(8-6-13)15-12(2)18-11-21-15/h5-8,11H,3-4,9-10H2,1-2H3,(H,17,19). The topological polar surface area (TPSA) is 51.2 Å². The highest BCUT2D eigenvalue weighted by atomic mass is 32.1. The van der Waals surface area contributed by atoms with Gasteiger partial charge in [0.2, 0.25) is 0 Å². The number of carbonyl (C=O) groups is 1. The van der Waals surface area contributed by atoms with E-state index in [2.05, 4.69) is 29.4 Å². The molecule has 1 N–H and O–H groups in total. The van der Waals surface area contributed by atoms with Crippen molar-refractivity contribution in [2.75, 3.05) is 6.61 Å². The Labute approximate surface area is 129 Å². The molecule has 112 valence electrons. The van der Waals surface area contributed by atoms with Crippen LogP contribution in [0.4, 0.5) is 4.79 Å². The molecular formula is C16H20N2O2S. The Morgan fingerprint density at radius 1 is 1.33 bits per heavy atom. The molecule has 0 radical (unpaired) electrons. The molecule has 0 aliphatic rings. The molecule has 1 aromatic carbocycles. The van der Waals surface area contributed by atoms with Crippen molar-refractivity contribution in [3.05, 3.63) is 41.0 Å². The number of unbranched alkanes of at least 4 members (excludes halogenated alkanes) is 1. The fourth-order valence-electron chi connectivity index (χ4n) is 1.89. The first-order valence-electron chi connectivity index (χ1n) is 7.10. The van der Waals surface area contributed by atoms with Crippen LogP contribution in [0, 0.1) is 6.92 Å². The SMILES string of the molecule is CCCCOC(=O)NCc1ccc(-c2scnc2C)cc1. The second-order valence-electron chi connectivity index (χ2n) is 4.81. The predicted molar refractivity (Wildman–Crippen MR) is 85.4 cm³/mol. The largest absolute Gasteiger partial charge is 0.450 e. The van der Waals surface area contributed by atoms with Crippen molar-refractivity contribution in [3.8, 4) is 10.4 Å². The number of alkyl carbamates (subject to hydrolysis) is 1. The molecule has 2 rings (SSSR count). The normalized spacial score (nSPS) is 10.4. The molecule has 0 aliphatic carbocycles. The highest BCUT2D eigenvalue weighted by molar-refractivity contribution is 7.13. The van der Waals surface area contributed by atoms with E-state index in [0.717, 1.165) is 29.7 Å². The van der Waals surface area contributed by atoms with Crippen molar-refractivity contribution in [3.63, 3.8) is 0 Å². The lowest BCUT2D eigenvalue weighted by atomic mass is 10.1. The molecular weight excluding hydrogens is 284 g/mol. The summed E-state index contributed by atoms with van der Waals surface area (Å²) >= 11 is 1.64. The molecule has 1 heterocycles. The average molecular weight is 304 g/mol. The smallest absolute Gasteiger partial charge is 0.407 e. The highest BCUT2D eigenvalue weighted by Crippen LogP contribution is 2.27. The number of amides is 1. The zero-order valence-electron chi connectivity index (χ0n) is 12.4. The first kappa shape index (κ1) is 15.5. The molecule has 0 aliphatic heterocycles. The molecule has 1 amide bonds. The van der Waals surface area contributed by atoms with E-state index in [1.54, 1.807) is 11.3 Å². The number of ether oxygens (including phenoxy) is 1. The molecule has 1 aromatic heterocycles. The summed E-state index contributed by atoms with van der Waals surface area (Å²) in [4.78, 5) is 16.9. The lowest BCUT2D eigenvalue weighted by molar-refractivity contribution is 0.144. The number of hydrogen-bond donors (Lipinski definition) is 1. The van der Waals surface area contributed by atoms with Crippen molar-refractivity contribution in [1.29, 1.82) is 0 Å². The van der Waals surface area contributed by atoms with Crippen LogP contribution in [0.15, 0.2) is 29.8 Å². The van der Waals surface area contributed by atoms with E-state index in [1.165, 1.54) is 4.88 Å². The van der Waals surface area contributed by atoms with Crippen molar-refractivity contribution >= 4 is 17.4 Å². The van der Waals surface area contributed by atoms with Crippen LogP contribution in [0.25, 0.3) is 10.4 Å². The molecule has 0 saturated carbocycles. The molecule has 0 bridgehead atoms. The van der Waals surface area contributed by atoms with Crippen LogP contribution in [0.5, 0.6) is 0 Å². The summed E-state index contributed by atoms with van der Waals surface area (Å²) < 4.78 is 5.05. The first-order chi connectivity index (χ1) is 10.2. The van der Waals surface area contributed by atoms with Crippen molar-refractivity contribution < 1.29 is 9.53 Å². The number of nitrogens with one attached hydrogen (secondary N) is 1. The van der Waals surface area contributed by atoms with Crippen molar-refractivity contribution in [2.24, 2.45) is 0 Å². The Morgan fingerprint density at radius 3 is 2.71 bits per heavy atom. The zero-order valence-corrected chi connectivity index (χ0v) is 13.2. The third kappa shape index (κ3) is 4.56. The molecule has 4 nitrogen and oxygen atoms in total. The molecule has 5 heteroatoms. The maximum absolute atomic E-state index is 11.4. The minimum absolute atomic E-state index is 0.356. The minimum Gasteiger partial charge on any atom is -0.450 e. The Bertz CT molecular complexity index is 578. The van der Waals surface area contributed by atoms with E-state index in [0.29, 0.717) is 13.2 Å². The molecule has 0 fully saturated rings. The van der Waals surface area contributed by atoms with Gasteiger partial charge in [-0.15, -0.1) is 11.3 Å². The van der Waals surface area contributed by atoms with Crippen LogP contribution in [-0.2, 0) is 11.3 Å². The third-order valence-corrected chi connectivity index (χ3v) is 4.11. The quantitative estimate of drug-likeness (QED) is 0.816.